The van der Waals surface area contributed by atoms with Crippen LogP contribution in [0, 0.1) is 0 Å². The average Bonchev–Trinajstić information content (AvgIpc) is 2.55. The maximum absolute atomic E-state index is 10.5. The molecule has 0 amide bonds. The second-order valence-corrected chi connectivity index (χ2v) is 6.03. The SMILES string of the molecule is O[N+]1=C2CCCN=C2C(c2cccc(Cl)c2)C2=C1OCC=C2. The topological polar surface area (TPSA) is 44.8 Å². The normalized spacial score (nSPS) is 23.7. The fourth-order valence-corrected chi connectivity index (χ4v) is 3.49. The lowest BCUT2D eigenvalue weighted by molar-refractivity contribution is -0.756. The van der Waals surface area contributed by atoms with Crippen molar-refractivity contribution in [3.8, 4) is 0 Å². The van der Waals surface area contributed by atoms with Crippen molar-refractivity contribution in [3.63, 3.8) is 0 Å². The molecule has 112 valence electrons. The molecule has 3 heterocycles. The highest BCUT2D eigenvalue weighted by atomic mass is 35.5. The first-order valence-corrected chi connectivity index (χ1v) is 7.82. The second kappa shape index (κ2) is 5.29. The Bertz CT molecular complexity index is 762. The van der Waals surface area contributed by atoms with E-state index in [-0.39, 0.29) is 5.92 Å². The van der Waals surface area contributed by atoms with Gasteiger partial charge in [-0.3, -0.25) is 10.2 Å². The Morgan fingerprint density at radius 1 is 1.36 bits per heavy atom. The van der Waals surface area contributed by atoms with Gasteiger partial charge in [0.1, 0.15) is 12.3 Å². The van der Waals surface area contributed by atoms with E-state index < -0.39 is 0 Å². The molecule has 3 aliphatic rings. The second-order valence-electron chi connectivity index (χ2n) is 5.59. The molecule has 22 heavy (non-hydrogen) atoms. The van der Waals surface area contributed by atoms with Crippen LogP contribution >= 0.6 is 11.6 Å². The molecule has 1 N–H and O–H groups in total. The molecular weight excluding hydrogens is 300 g/mol. The lowest BCUT2D eigenvalue weighted by atomic mass is 9.80. The van der Waals surface area contributed by atoms with Crippen LogP contribution in [-0.4, -0.2) is 34.5 Å². The van der Waals surface area contributed by atoms with E-state index in [0.717, 1.165) is 41.9 Å². The molecule has 0 bridgehead atoms. The monoisotopic (exact) mass is 315 g/mol. The van der Waals surface area contributed by atoms with Crippen molar-refractivity contribution in [2.24, 2.45) is 4.99 Å². The lowest BCUT2D eigenvalue weighted by Gasteiger charge is -2.27. The number of hydroxylamine groups is 1. The van der Waals surface area contributed by atoms with Gasteiger partial charge in [-0.1, -0.05) is 23.7 Å². The zero-order valence-electron chi connectivity index (χ0n) is 12.0. The molecule has 0 aromatic heterocycles. The Kier molecular flexibility index (Phi) is 3.26. The number of nitrogens with zero attached hydrogens (tertiary/aromatic N) is 2. The van der Waals surface area contributed by atoms with Gasteiger partial charge in [0.25, 0.3) is 5.71 Å². The van der Waals surface area contributed by atoms with Gasteiger partial charge in [0.05, 0.1) is 16.2 Å². The van der Waals surface area contributed by atoms with Crippen LogP contribution in [0.1, 0.15) is 24.3 Å². The number of allylic oxidation sites excluding steroid dienone is 2. The molecule has 0 saturated heterocycles. The molecule has 1 atom stereocenters. The Morgan fingerprint density at radius 3 is 3.14 bits per heavy atom. The van der Waals surface area contributed by atoms with E-state index in [4.69, 9.17) is 21.3 Å². The molecule has 5 heteroatoms. The molecule has 0 radical (unpaired) electrons. The van der Waals surface area contributed by atoms with Crippen molar-refractivity contribution in [3.05, 3.63) is 58.5 Å². The average molecular weight is 316 g/mol. The number of hydrogen-bond acceptors (Lipinski definition) is 3. The predicted octanol–water partition coefficient (Wildman–Crippen LogP) is 3.31. The van der Waals surface area contributed by atoms with Crippen LogP contribution in [0.3, 0.4) is 0 Å². The molecule has 1 unspecified atom stereocenters. The third kappa shape index (κ3) is 2.06. The summed E-state index contributed by atoms with van der Waals surface area (Å²) in [5.74, 6) is 0.479. The molecule has 0 saturated carbocycles. The van der Waals surface area contributed by atoms with Crippen molar-refractivity contribution in [2.75, 3.05) is 13.2 Å². The number of ether oxygens (including phenoxy) is 1. The van der Waals surface area contributed by atoms with Gasteiger partial charge in [-0.05, 0) is 36.3 Å². The van der Waals surface area contributed by atoms with E-state index in [2.05, 4.69) is 0 Å². The minimum Gasteiger partial charge on any atom is -0.437 e. The maximum Gasteiger partial charge on any atom is 0.421 e. The number of halogens is 1. The Hall–Kier alpha value is -2.07. The standard InChI is InChI=1S/C17H16ClN2O2/c18-12-5-1-4-11(10-12)15-13-6-3-9-22-17(13)20(21)14-7-2-8-19-16(14)15/h1,3-6,10,15,21H,2,7-9H2/q+1. The van der Waals surface area contributed by atoms with E-state index in [1.807, 2.05) is 36.4 Å². The van der Waals surface area contributed by atoms with Crippen LogP contribution in [0.25, 0.3) is 0 Å². The summed E-state index contributed by atoms with van der Waals surface area (Å²) >= 11 is 6.17. The Morgan fingerprint density at radius 2 is 2.27 bits per heavy atom. The molecule has 1 aromatic carbocycles. The van der Waals surface area contributed by atoms with Crippen LogP contribution < -0.4 is 0 Å². The predicted molar refractivity (Wildman–Crippen MR) is 84.9 cm³/mol. The van der Waals surface area contributed by atoms with E-state index in [1.54, 1.807) is 0 Å². The van der Waals surface area contributed by atoms with Crippen molar-refractivity contribution >= 4 is 23.0 Å². The van der Waals surface area contributed by atoms with Crippen molar-refractivity contribution < 1.29 is 14.7 Å². The van der Waals surface area contributed by atoms with Crippen molar-refractivity contribution in [2.45, 2.75) is 18.8 Å². The fourth-order valence-electron chi connectivity index (χ4n) is 3.29. The summed E-state index contributed by atoms with van der Waals surface area (Å²) < 4.78 is 6.86. The van der Waals surface area contributed by atoms with Gasteiger partial charge in [-0.2, -0.15) is 0 Å². The number of hydrogen-bond donors (Lipinski definition) is 1. The third-order valence-corrected chi connectivity index (χ3v) is 4.46. The third-order valence-electron chi connectivity index (χ3n) is 4.22. The van der Waals surface area contributed by atoms with Crippen LogP contribution in [0.2, 0.25) is 5.02 Å². The minimum absolute atomic E-state index is 0.0380. The molecular formula is C17H16ClN2O2+. The largest absolute Gasteiger partial charge is 0.437 e. The zero-order valence-corrected chi connectivity index (χ0v) is 12.8. The lowest BCUT2D eigenvalue weighted by Crippen LogP contribution is -2.40. The molecule has 0 fully saturated rings. The molecule has 0 aliphatic carbocycles. The Labute approximate surface area is 133 Å². The highest BCUT2D eigenvalue weighted by molar-refractivity contribution is 6.44. The molecule has 1 aromatic rings. The summed E-state index contributed by atoms with van der Waals surface area (Å²) in [5, 5.41) is 11.2. The zero-order chi connectivity index (χ0) is 15.1. The Balaban J connectivity index is 1.94. The molecule has 4 nitrogen and oxygen atoms in total. The number of rotatable bonds is 1. The first-order valence-electron chi connectivity index (χ1n) is 7.44. The summed E-state index contributed by atoms with van der Waals surface area (Å²) in [5.41, 5.74) is 3.76. The molecule has 4 rings (SSSR count). The summed E-state index contributed by atoms with van der Waals surface area (Å²) in [7, 11) is 0. The van der Waals surface area contributed by atoms with E-state index >= 15 is 0 Å². The van der Waals surface area contributed by atoms with E-state index in [9.17, 15) is 5.21 Å². The first kappa shape index (κ1) is 13.6. The summed E-state index contributed by atoms with van der Waals surface area (Å²) in [4.78, 5) is 4.69. The highest BCUT2D eigenvalue weighted by Gasteiger charge is 2.44. The summed E-state index contributed by atoms with van der Waals surface area (Å²) in [6.45, 7) is 1.26. The summed E-state index contributed by atoms with van der Waals surface area (Å²) in [6.07, 6.45) is 5.72. The van der Waals surface area contributed by atoms with Crippen molar-refractivity contribution in [1.82, 2.24) is 0 Å². The fraction of sp³-hybridized carbons (Fsp3) is 0.294. The van der Waals surface area contributed by atoms with Gasteiger partial charge in [-0.15, -0.1) is 0 Å². The van der Waals surface area contributed by atoms with Crippen LogP contribution in [0.15, 0.2) is 52.9 Å². The van der Waals surface area contributed by atoms with Crippen LogP contribution in [0.5, 0.6) is 0 Å². The van der Waals surface area contributed by atoms with Crippen LogP contribution in [-0.2, 0) is 4.74 Å². The quantitative estimate of drug-likeness (QED) is 0.638. The van der Waals surface area contributed by atoms with Gasteiger partial charge in [0.2, 0.25) is 0 Å². The van der Waals surface area contributed by atoms with Gasteiger partial charge >= 0.3 is 5.88 Å². The van der Waals surface area contributed by atoms with Crippen molar-refractivity contribution in [1.29, 1.82) is 0 Å². The molecule has 0 spiro atoms. The smallest absolute Gasteiger partial charge is 0.421 e. The minimum atomic E-state index is -0.0380. The van der Waals surface area contributed by atoms with Gasteiger partial charge < -0.3 is 4.74 Å². The number of aliphatic imine (C=N–C) groups is 1. The molecule has 3 aliphatic heterocycles. The number of benzene rings is 1. The summed E-state index contributed by atoms with van der Waals surface area (Å²) in [6, 6.07) is 7.81. The van der Waals surface area contributed by atoms with Crippen LogP contribution in [0.4, 0.5) is 0 Å². The highest BCUT2D eigenvalue weighted by Crippen LogP contribution is 2.37. The van der Waals surface area contributed by atoms with Gasteiger partial charge in [0, 0.05) is 18.0 Å². The van der Waals surface area contributed by atoms with E-state index in [0.29, 0.717) is 17.5 Å². The van der Waals surface area contributed by atoms with Gasteiger partial charge in [-0.25, -0.2) is 0 Å². The number of fused-ring (bicyclic) bond motifs is 1. The van der Waals surface area contributed by atoms with Gasteiger partial charge in [0.15, 0.2) is 0 Å². The first-order chi connectivity index (χ1) is 10.8. The maximum atomic E-state index is 10.5. The van der Waals surface area contributed by atoms with E-state index in [1.165, 1.54) is 4.74 Å².